The van der Waals surface area contributed by atoms with Crippen molar-refractivity contribution >= 4 is 23.1 Å². The minimum Gasteiger partial charge on any atom is -0.338 e. The van der Waals surface area contributed by atoms with Crippen LogP contribution in [0.5, 0.6) is 0 Å². The van der Waals surface area contributed by atoms with Gasteiger partial charge in [-0.1, -0.05) is 16.9 Å². The zero-order valence-corrected chi connectivity index (χ0v) is 13.4. The van der Waals surface area contributed by atoms with Gasteiger partial charge < -0.3 is 4.52 Å². The Morgan fingerprint density at radius 1 is 1.35 bits per heavy atom. The van der Waals surface area contributed by atoms with Gasteiger partial charge in [-0.25, -0.2) is 0 Å². The Hall–Kier alpha value is -1.88. The summed E-state index contributed by atoms with van der Waals surface area (Å²) in [6, 6.07) is 1.86. The van der Waals surface area contributed by atoms with Crippen LogP contribution in [0.2, 0.25) is 0 Å². The predicted molar refractivity (Wildman–Crippen MR) is 77.9 cm³/mol. The van der Waals surface area contributed by atoms with Crippen molar-refractivity contribution in [3.63, 3.8) is 0 Å². The van der Waals surface area contributed by atoms with Gasteiger partial charge in [0.2, 0.25) is 17.5 Å². The van der Waals surface area contributed by atoms with Gasteiger partial charge in [0.05, 0.1) is 5.75 Å². The van der Waals surface area contributed by atoms with Crippen LogP contribution in [0, 0.1) is 0 Å². The molecule has 122 valence electrons. The van der Waals surface area contributed by atoms with Crippen molar-refractivity contribution in [3.05, 3.63) is 28.5 Å². The third-order valence-corrected chi connectivity index (χ3v) is 4.49. The zero-order valence-electron chi connectivity index (χ0n) is 11.7. The maximum Gasteiger partial charge on any atom is 0.451 e. The summed E-state index contributed by atoms with van der Waals surface area (Å²) in [7, 11) is 0. The van der Waals surface area contributed by atoms with Gasteiger partial charge in [0, 0.05) is 17.5 Å². The van der Waals surface area contributed by atoms with Gasteiger partial charge in [-0.15, -0.1) is 10.2 Å². The third-order valence-electron chi connectivity index (χ3n) is 2.86. The first kappa shape index (κ1) is 16.0. The largest absolute Gasteiger partial charge is 0.451 e. The van der Waals surface area contributed by atoms with Crippen LogP contribution < -0.4 is 0 Å². The van der Waals surface area contributed by atoms with E-state index in [0.29, 0.717) is 11.7 Å². The van der Waals surface area contributed by atoms with Gasteiger partial charge in [0.25, 0.3) is 0 Å². The second kappa shape index (κ2) is 6.32. The van der Waals surface area contributed by atoms with Crippen molar-refractivity contribution in [2.24, 2.45) is 0 Å². The molecule has 0 N–H and O–H groups in total. The molecule has 0 amide bonds. The van der Waals surface area contributed by atoms with E-state index >= 15 is 0 Å². The summed E-state index contributed by atoms with van der Waals surface area (Å²) in [5.41, 5.74) is 0.839. The van der Waals surface area contributed by atoms with Crippen LogP contribution in [0.3, 0.4) is 0 Å². The monoisotopic (exact) mass is 361 g/mol. The minimum atomic E-state index is -4.53. The molecule has 23 heavy (non-hydrogen) atoms. The first-order valence-corrected chi connectivity index (χ1v) is 8.40. The summed E-state index contributed by atoms with van der Waals surface area (Å²) >= 11 is 2.58. The molecule has 0 fully saturated rings. The van der Waals surface area contributed by atoms with Gasteiger partial charge in [-0.3, -0.25) is 4.57 Å². The molecule has 0 atom stereocenters. The molecule has 0 saturated carbocycles. The van der Waals surface area contributed by atoms with E-state index in [-0.39, 0.29) is 17.5 Å². The first-order chi connectivity index (χ1) is 11.0. The molecule has 0 unspecified atom stereocenters. The molecule has 0 spiro atoms. The van der Waals surface area contributed by atoms with E-state index in [1.807, 2.05) is 16.8 Å². The molecule has 0 bridgehead atoms. The summed E-state index contributed by atoms with van der Waals surface area (Å²) < 4.78 is 44.5. The Morgan fingerprint density at radius 2 is 2.17 bits per heavy atom. The average Bonchev–Trinajstić information content (AvgIpc) is 3.22. The highest BCUT2D eigenvalue weighted by Crippen LogP contribution is 2.31. The Morgan fingerprint density at radius 3 is 2.83 bits per heavy atom. The first-order valence-electron chi connectivity index (χ1n) is 6.47. The number of halogens is 3. The highest BCUT2D eigenvalue weighted by atomic mass is 32.2. The van der Waals surface area contributed by atoms with E-state index in [4.69, 9.17) is 4.52 Å². The summed E-state index contributed by atoms with van der Waals surface area (Å²) in [4.78, 5) is 4.21. The van der Waals surface area contributed by atoms with E-state index < -0.39 is 12.0 Å². The SMILES string of the molecule is CCn1c(SCc2nc(-c3ccsc3)no2)nnc1C(F)(F)F. The molecular weight excluding hydrogens is 351 g/mol. The van der Waals surface area contributed by atoms with Crippen molar-refractivity contribution in [2.75, 3.05) is 0 Å². The molecule has 0 radical (unpaired) electrons. The lowest BCUT2D eigenvalue weighted by molar-refractivity contribution is -0.147. The molecule has 0 aromatic carbocycles. The number of rotatable bonds is 5. The fourth-order valence-electron chi connectivity index (χ4n) is 1.84. The van der Waals surface area contributed by atoms with Crippen LogP contribution in [0.25, 0.3) is 11.4 Å². The second-order valence-corrected chi connectivity index (χ2v) is 6.08. The molecule has 0 aliphatic rings. The third kappa shape index (κ3) is 3.39. The van der Waals surface area contributed by atoms with Crippen molar-refractivity contribution in [2.45, 2.75) is 30.6 Å². The smallest absolute Gasteiger partial charge is 0.338 e. The number of aromatic nitrogens is 5. The van der Waals surface area contributed by atoms with E-state index in [0.717, 1.165) is 21.9 Å². The van der Waals surface area contributed by atoms with Gasteiger partial charge >= 0.3 is 6.18 Å². The Kier molecular flexibility index (Phi) is 4.39. The van der Waals surface area contributed by atoms with Crippen LogP contribution in [0.4, 0.5) is 13.2 Å². The maximum absolute atomic E-state index is 12.8. The Labute approximate surface area is 136 Å². The van der Waals surface area contributed by atoms with Crippen molar-refractivity contribution in [1.82, 2.24) is 24.9 Å². The summed E-state index contributed by atoms with van der Waals surface area (Å²) in [6.45, 7) is 1.72. The fraction of sp³-hybridized carbons (Fsp3) is 0.333. The van der Waals surface area contributed by atoms with E-state index in [1.54, 1.807) is 6.92 Å². The van der Waals surface area contributed by atoms with Crippen LogP contribution in [0.1, 0.15) is 18.6 Å². The van der Waals surface area contributed by atoms with E-state index in [9.17, 15) is 13.2 Å². The normalized spacial score (nSPS) is 12.0. The molecular formula is C12H10F3N5OS2. The van der Waals surface area contributed by atoms with Crippen molar-refractivity contribution in [3.8, 4) is 11.4 Å². The molecule has 3 heterocycles. The lowest BCUT2D eigenvalue weighted by atomic mass is 10.3. The van der Waals surface area contributed by atoms with Gasteiger partial charge in [-0.05, 0) is 18.4 Å². The quantitative estimate of drug-likeness (QED) is 0.645. The lowest BCUT2D eigenvalue weighted by Gasteiger charge is -2.08. The number of hydrogen-bond donors (Lipinski definition) is 0. The highest BCUT2D eigenvalue weighted by Gasteiger charge is 2.38. The molecule has 6 nitrogen and oxygen atoms in total. The van der Waals surface area contributed by atoms with Crippen LogP contribution >= 0.6 is 23.1 Å². The summed E-state index contributed by atoms with van der Waals surface area (Å²) in [5, 5.41) is 14.6. The fourth-order valence-corrected chi connectivity index (χ4v) is 3.31. The average molecular weight is 361 g/mol. The molecule has 11 heteroatoms. The van der Waals surface area contributed by atoms with Gasteiger partial charge in [0.1, 0.15) is 0 Å². The van der Waals surface area contributed by atoms with Gasteiger partial charge in [0.15, 0.2) is 5.16 Å². The number of hydrogen-bond acceptors (Lipinski definition) is 7. The second-order valence-electron chi connectivity index (χ2n) is 4.36. The molecule has 3 aromatic rings. The van der Waals surface area contributed by atoms with Gasteiger partial charge in [-0.2, -0.15) is 29.5 Å². The number of alkyl halides is 3. The number of thioether (sulfide) groups is 1. The van der Waals surface area contributed by atoms with E-state index in [1.165, 1.54) is 11.3 Å². The molecule has 3 rings (SSSR count). The summed E-state index contributed by atoms with van der Waals surface area (Å²) in [5.74, 6) is -0.0233. The standard InChI is InChI=1S/C12H10F3N5OS2/c1-2-20-10(12(13,14)15)17-18-11(20)23-6-8-16-9(19-21-8)7-3-4-22-5-7/h3-5H,2,6H2,1H3. The predicted octanol–water partition coefficient (Wildman–Crippen LogP) is 3.72. The maximum atomic E-state index is 12.8. The molecule has 0 saturated heterocycles. The highest BCUT2D eigenvalue weighted by molar-refractivity contribution is 7.98. The number of thiophene rings is 1. The summed E-state index contributed by atoms with van der Waals surface area (Å²) in [6.07, 6.45) is -4.53. The molecule has 0 aliphatic heterocycles. The zero-order chi connectivity index (χ0) is 16.4. The van der Waals surface area contributed by atoms with Crippen LogP contribution in [-0.4, -0.2) is 24.9 Å². The topological polar surface area (TPSA) is 69.6 Å². The van der Waals surface area contributed by atoms with E-state index in [2.05, 4.69) is 20.3 Å². The molecule has 3 aromatic heterocycles. The van der Waals surface area contributed by atoms with Crippen LogP contribution in [-0.2, 0) is 18.5 Å². The Balaban J connectivity index is 1.73. The molecule has 0 aliphatic carbocycles. The Bertz CT molecular complexity index is 781. The van der Waals surface area contributed by atoms with Crippen molar-refractivity contribution < 1.29 is 17.7 Å². The number of nitrogens with zero attached hydrogens (tertiary/aromatic N) is 5. The lowest BCUT2D eigenvalue weighted by Crippen LogP contribution is -2.14. The van der Waals surface area contributed by atoms with Crippen LogP contribution in [0.15, 0.2) is 26.5 Å². The minimum absolute atomic E-state index is 0.119. The van der Waals surface area contributed by atoms with Crippen molar-refractivity contribution in [1.29, 1.82) is 0 Å².